The van der Waals surface area contributed by atoms with Crippen LogP contribution in [0.4, 0.5) is 0 Å². The number of rotatable bonds is 10. The summed E-state index contributed by atoms with van der Waals surface area (Å²) in [5, 5.41) is 1.18. The van der Waals surface area contributed by atoms with Crippen LogP contribution in [0.25, 0.3) is 10.9 Å². The lowest BCUT2D eigenvalue weighted by molar-refractivity contribution is 0.0890. The molecule has 4 aromatic rings. The van der Waals surface area contributed by atoms with Gasteiger partial charge < -0.3 is 9.30 Å². The summed E-state index contributed by atoms with van der Waals surface area (Å²) in [5.74, 6) is -0.461. The molecule has 0 aliphatic heterocycles. The average molecular weight is 480 g/mol. The van der Waals surface area contributed by atoms with E-state index in [1.54, 1.807) is 18.2 Å². The molecular formula is C32H33NO3. The number of ketones is 2. The van der Waals surface area contributed by atoms with Crippen molar-refractivity contribution in [2.75, 3.05) is 0 Å². The third-order valence-corrected chi connectivity index (χ3v) is 7.24. The molecule has 1 unspecified atom stereocenters. The minimum atomic E-state index is -0.790. The van der Waals surface area contributed by atoms with Crippen LogP contribution in [0.1, 0.15) is 82.4 Å². The molecule has 5 rings (SSSR count). The zero-order valence-corrected chi connectivity index (χ0v) is 21.1. The van der Waals surface area contributed by atoms with Gasteiger partial charge in [-0.3, -0.25) is 9.59 Å². The van der Waals surface area contributed by atoms with Crippen molar-refractivity contribution in [3.05, 3.63) is 101 Å². The van der Waals surface area contributed by atoms with E-state index in [0.717, 1.165) is 29.6 Å². The Morgan fingerprint density at radius 3 is 2.42 bits per heavy atom. The molecule has 0 amide bonds. The molecule has 3 aromatic carbocycles. The van der Waals surface area contributed by atoms with Gasteiger partial charge in [-0.25, -0.2) is 0 Å². The summed E-state index contributed by atoms with van der Waals surface area (Å²) in [6.45, 7) is 5.71. The number of fused-ring (bicyclic) bond motifs is 2. The predicted molar refractivity (Wildman–Crippen MR) is 144 cm³/mol. The van der Waals surface area contributed by atoms with Gasteiger partial charge in [-0.2, -0.15) is 0 Å². The SMILES string of the molecule is CCCCCCCn1cc(C)c2ccc(C3C(=O)c4ccc(OCc5ccccc5)cc4C3=O)cc21. The second kappa shape index (κ2) is 10.5. The van der Waals surface area contributed by atoms with Crippen LogP contribution >= 0.6 is 0 Å². The number of aromatic nitrogens is 1. The number of carbonyl (C=O) groups excluding carboxylic acids is 2. The number of unbranched alkanes of at least 4 members (excludes halogenated alkanes) is 4. The van der Waals surface area contributed by atoms with Crippen LogP contribution in [0.2, 0.25) is 0 Å². The topological polar surface area (TPSA) is 48.3 Å². The van der Waals surface area contributed by atoms with Gasteiger partial charge in [-0.15, -0.1) is 0 Å². The lowest BCUT2D eigenvalue weighted by Crippen LogP contribution is -2.13. The van der Waals surface area contributed by atoms with E-state index in [-0.39, 0.29) is 11.6 Å². The quantitative estimate of drug-likeness (QED) is 0.173. The van der Waals surface area contributed by atoms with Crippen molar-refractivity contribution in [3.63, 3.8) is 0 Å². The summed E-state index contributed by atoms with van der Waals surface area (Å²) in [6, 6.07) is 21.2. The van der Waals surface area contributed by atoms with Crippen LogP contribution < -0.4 is 4.74 Å². The highest BCUT2D eigenvalue weighted by Crippen LogP contribution is 2.37. The molecule has 184 valence electrons. The Labute approximate surface area is 212 Å². The minimum absolute atomic E-state index is 0.127. The largest absolute Gasteiger partial charge is 0.489 e. The Bertz CT molecular complexity index is 1400. The van der Waals surface area contributed by atoms with E-state index in [2.05, 4.69) is 30.7 Å². The van der Waals surface area contributed by atoms with Gasteiger partial charge in [0, 0.05) is 34.8 Å². The first-order valence-electron chi connectivity index (χ1n) is 13.1. The molecule has 36 heavy (non-hydrogen) atoms. The van der Waals surface area contributed by atoms with E-state index < -0.39 is 5.92 Å². The lowest BCUT2D eigenvalue weighted by Gasteiger charge is -2.10. The van der Waals surface area contributed by atoms with Crippen LogP contribution in [-0.2, 0) is 13.2 Å². The van der Waals surface area contributed by atoms with Gasteiger partial charge in [0.15, 0.2) is 11.6 Å². The highest BCUT2D eigenvalue weighted by molar-refractivity contribution is 6.30. The molecule has 4 nitrogen and oxygen atoms in total. The van der Waals surface area contributed by atoms with Crippen molar-refractivity contribution in [1.82, 2.24) is 4.57 Å². The fourth-order valence-corrected chi connectivity index (χ4v) is 5.25. The van der Waals surface area contributed by atoms with E-state index in [1.807, 2.05) is 42.5 Å². The van der Waals surface area contributed by atoms with E-state index in [4.69, 9.17) is 4.74 Å². The fraction of sp³-hybridized carbons (Fsp3) is 0.312. The van der Waals surface area contributed by atoms with E-state index in [0.29, 0.717) is 23.5 Å². The Kier molecular flexibility index (Phi) is 7.04. The second-order valence-electron chi connectivity index (χ2n) is 9.84. The summed E-state index contributed by atoms with van der Waals surface area (Å²) < 4.78 is 8.20. The van der Waals surface area contributed by atoms with Crippen molar-refractivity contribution >= 4 is 22.5 Å². The maximum Gasteiger partial charge on any atom is 0.178 e. The summed E-state index contributed by atoms with van der Waals surface area (Å²) in [7, 11) is 0. The van der Waals surface area contributed by atoms with Crippen molar-refractivity contribution in [2.45, 2.75) is 65.0 Å². The monoisotopic (exact) mass is 479 g/mol. The van der Waals surface area contributed by atoms with Crippen molar-refractivity contribution in [3.8, 4) is 5.75 Å². The number of Topliss-reactive ketones (excluding diaryl/α,β-unsaturated/α-hetero) is 2. The number of aryl methyl sites for hydroxylation is 2. The molecule has 1 aromatic heterocycles. The van der Waals surface area contributed by atoms with Crippen molar-refractivity contribution in [1.29, 1.82) is 0 Å². The molecule has 4 heteroatoms. The van der Waals surface area contributed by atoms with Gasteiger partial charge in [-0.05, 0) is 54.3 Å². The molecule has 1 heterocycles. The summed E-state index contributed by atoms with van der Waals surface area (Å²) in [5.41, 5.74) is 5.08. The predicted octanol–water partition coefficient (Wildman–Crippen LogP) is 7.66. The summed E-state index contributed by atoms with van der Waals surface area (Å²) in [4.78, 5) is 26.8. The molecule has 0 fully saturated rings. The van der Waals surface area contributed by atoms with Gasteiger partial charge in [0.1, 0.15) is 18.3 Å². The number of hydrogen-bond donors (Lipinski definition) is 0. The number of benzene rings is 3. The number of carbonyl (C=O) groups is 2. The normalized spacial score (nSPS) is 15.0. The van der Waals surface area contributed by atoms with Crippen LogP contribution in [-0.4, -0.2) is 16.1 Å². The molecule has 0 N–H and O–H groups in total. The van der Waals surface area contributed by atoms with Gasteiger partial charge in [0.25, 0.3) is 0 Å². The van der Waals surface area contributed by atoms with Gasteiger partial charge >= 0.3 is 0 Å². The molecule has 1 aliphatic rings. The van der Waals surface area contributed by atoms with Gasteiger partial charge in [0.05, 0.1) is 0 Å². The van der Waals surface area contributed by atoms with E-state index in [9.17, 15) is 9.59 Å². The Balaban J connectivity index is 1.37. The first-order valence-corrected chi connectivity index (χ1v) is 13.1. The molecule has 0 spiro atoms. The van der Waals surface area contributed by atoms with Crippen molar-refractivity contribution in [2.24, 2.45) is 0 Å². The minimum Gasteiger partial charge on any atom is -0.489 e. The molecule has 0 saturated heterocycles. The molecule has 1 aliphatic carbocycles. The average Bonchev–Trinajstić information content (AvgIpc) is 3.35. The van der Waals surface area contributed by atoms with Crippen LogP contribution in [0, 0.1) is 6.92 Å². The summed E-state index contributed by atoms with van der Waals surface area (Å²) >= 11 is 0. The molecule has 0 saturated carbocycles. The maximum atomic E-state index is 13.4. The summed E-state index contributed by atoms with van der Waals surface area (Å²) in [6.07, 6.45) is 8.32. The molecular weight excluding hydrogens is 446 g/mol. The Morgan fingerprint density at radius 2 is 1.61 bits per heavy atom. The van der Waals surface area contributed by atoms with Crippen LogP contribution in [0.3, 0.4) is 0 Å². The Morgan fingerprint density at radius 1 is 0.833 bits per heavy atom. The third kappa shape index (κ3) is 4.73. The zero-order chi connectivity index (χ0) is 25.1. The van der Waals surface area contributed by atoms with Crippen LogP contribution in [0.5, 0.6) is 5.75 Å². The second-order valence-corrected chi connectivity index (χ2v) is 9.84. The highest BCUT2D eigenvalue weighted by atomic mass is 16.5. The standard InChI is InChI=1S/C32H33NO3/c1-3-4-5-6-10-17-33-20-22(2)26-15-13-24(18-29(26)33)30-31(34)27-16-14-25(19-28(27)32(30)35)36-21-23-11-8-7-9-12-23/h7-9,11-16,18-20,30H,3-6,10,17,21H2,1-2H3. The first kappa shape index (κ1) is 24.1. The number of nitrogens with zero attached hydrogens (tertiary/aromatic N) is 1. The van der Waals surface area contributed by atoms with Crippen LogP contribution in [0.15, 0.2) is 72.9 Å². The zero-order valence-electron chi connectivity index (χ0n) is 21.1. The van der Waals surface area contributed by atoms with Gasteiger partial charge in [-0.1, -0.05) is 75.1 Å². The smallest absolute Gasteiger partial charge is 0.178 e. The molecule has 1 atom stereocenters. The highest BCUT2D eigenvalue weighted by Gasteiger charge is 2.40. The fourth-order valence-electron chi connectivity index (χ4n) is 5.25. The molecule has 0 bridgehead atoms. The van der Waals surface area contributed by atoms with E-state index >= 15 is 0 Å². The molecule has 0 radical (unpaired) electrons. The Hall–Kier alpha value is -3.66. The van der Waals surface area contributed by atoms with E-state index in [1.165, 1.54) is 36.6 Å². The first-order chi connectivity index (χ1) is 17.6. The third-order valence-electron chi connectivity index (χ3n) is 7.24. The number of hydrogen-bond acceptors (Lipinski definition) is 3. The van der Waals surface area contributed by atoms with Crippen molar-refractivity contribution < 1.29 is 14.3 Å². The number of ether oxygens (including phenoxy) is 1. The maximum absolute atomic E-state index is 13.4. The van der Waals surface area contributed by atoms with Gasteiger partial charge in [0.2, 0.25) is 0 Å². The lowest BCUT2D eigenvalue weighted by atomic mass is 9.93.